The number of halogens is 3. The fourth-order valence-corrected chi connectivity index (χ4v) is 2.19. The van der Waals surface area contributed by atoms with Crippen LogP contribution in [0.5, 0.6) is 0 Å². The highest BCUT2D eigenvalue weighted by atomic mass is 19.4. The van der Waals surface area contributed by atoms with Gasteiger partial charge in [0.15, 0.2) is 0 Å². The number of rotatable bonds is 3. The van der Waals surface area contributed by atoms with E-state index in [9.17, 15) is 22.8 Å². The van der Waals surface area contributed by atoms with Gasteiger partial charge in [-0.15, -0.1) is 0 Å². The number of imide groups is 1. The summed E-state index contributed by atoms with van der Waals surface area (Å²) in [6, 6.07) is 3.80. The second-order valence-corrected chi connectivity index (χ2v) is 4.70. The van der Waals surface area contributed by atoms with Crippen LogP contribution < -0.4 is 15.5 Å². The molecule has 0 saturated carbocycles. The van der Waals surface area contributed by atoms with Crippen molar-refractivity contribution < 1.29 is 22.8 Å². The van der Waals surface area contributed by atoms with E-state index < -0.39 is 23.6 Å². The lowest BCUT2D eigenvalue weighted by molar-refractivity contribution is -0.138. The molecule has 1 heterocycles. The summed E-state index contributed by atoms with van der Waals surface area (Å²) in [5.74, 6) is -1.06. The Hall–Kier alpha value is -2.09. The molecule has 1 saturated heterocycles. The van der Waals surface area contributed by atoms with Crippen molar-refractivity contribution in [2.75, 3.05) is 25.0 Å². The summed E-state index contributed by atoms with van der Waals surface area (Å²) < 4.78 is 39.2. The average molecular weight is 301 g/mol. The third-order valence-electron chi connectivity index (χ3n) is 3.08. The summed E-state index contributed by atoms with van der Waals surface area (Å²) in [4.78, 5) is 23.9. The van der Waals surface area contributed by atoms with Gasteiger partial charge in [-0.05, 0) is 24.7 Å². The number of nitrogens with one attached hydrogen (secondary N) is 2. The van der Waals surface area contributed by atoms with E-state index >= 15 is 0 Å². The zero-order valence-electron chi connectivity index (χ0n) is 11.3. The van der Waals surface area contributed by atoms with Gasteiger partial charge in [-0.25, -0.2) is 0 Å². The van der Waals surface area contributed by atoms with Crippen LogP contribution in [0.1, 0.15) is 11.1 Å². The van der Waals surface area contributed by atoms with Crippen molar-refractivity contribution in [2.24, 2.45) is 0 Å². The summed E-state index contributed by atoms with van der Waals surface area (Å²) in [5.41, 5.74) is -0.459. The Balaban J connectivity index is 2.37. The van der Waals surface area contributed by atoms with Crippen molar-refractivity contribution in [1.29, 1.82) is 0 Å². The number of anilines is 1. The molecular weight excluding hydrogens is 287 g/mol. The highest BCUT2D eigenvalue weighted by molar-refractivity contribution is 6.02. The molecule has 1 aliphatic heterocycles. The van der Waals surface area contributed by atoms with Gasteiger partial charge in [-0.3, -0.25) is 14.9 Å². The number of hydrogen-bond donors (Lipinski definition) is 2. The maximum Gasteiger partial charge on any atom is 0.416 e. The summed E-state index contributed by atoms with van der Waals surface area (Å²) in [6.07, 6.45) is -4.50. The lowest BCUT2D eigenvalue weighted by atomic mass is 10.0. The molecule has 0 radical (unpaired) electrons. The van der Waals surface area contributed by atoms with Crippen molar-refractivity contribution in [3.63, 3.8) is 0 Å². The van der Waals surface area contributed by atoms with Crippen LogP contribution in [0.4, 0.5) is 18.9 Å². The number of amides is 2. The van der Waals surface area contributed by atoms with Gasteiger partial charge in [-0.1, -0.05) is 6.07 Å². The Bertz CT molecular complexity index is 556. The highest BCUT2D eigenvalue weighted by Gasteiger charge is 2.34. The predicted octanol–water partition coefficient (Wildman–Crippen LogP) is 0.888. The number of carbonyl (C=O) groups is 2. The number of nitrogens with zero attached hydrogens (tertiary/aromatic N) is 1. The van der Waals surface area contributed by atoms with Gasteiger partial charge in [0.05, 0.1) is 18.7 Å². The summed E-state index contributed by atoms with van der Waals surface area (Å²) >= 11 is 0. The smallest absolute Gasteiger partial charge is 0.353 e. The van der Waals surface area contributed by atoms with Crippen molar-refractivity contribution in [1.82, 2.24) is 10.6 Å². The Labute approximate surface area is 119 Å². The van der Waals surface area contributed by atoms with Gasteiger partial charge in [-0.2, -0.15) is 13.2 Å². The molecule has 114 valence electrons. The quantitative estimate of drug-likeness (QED) is 0.814. The lowest BCUT2D eigenvalue weighted by Gasteiger charge is -2.28. The van der Waals surface area contributed by atoms with E-state index in [4.69, 9.17) is 0 Å². The van der Waals surface area contributed by atoms with Crippen molar-refractivity contribution in [3.8, 4) is 0 Å². The average Bonchev–Trinajstić information content (AvgIpc) is 2.37. The first kappa shape index (κ1) is 15.3. The van der Waals surface area contributed by atoms with E-state index in [1.54, 1.807) is 7.05 Å². The topological polar surface area (TPSA) is 61.4 Å². The molecule has 1 aliphatic rings. The van der Waals surface area contributed by atoms with E-state index in [-0.39, 0.29) is 30.9 Å². The Kier molecular flexibility index (Phi) is 4.17. The Morgan fingerprint density at radius 3 is 2.38 bits per heavy atom. The van der Waals surface area contributed by atoms with E-state index in [2.05, 4.69) is 10.6 Å². The molecule has 0 unspecified atom stereocenters. The fourth-order valence-electron chi connectivity index (χ4n) is 2.19. The Morgan fingerprint density at radius 2 is 1.86 bits per heavy atom. The summed E-state index contributed by atoms with van der Waals surface area (Å²) in [5, 5.41) is 4.78. The molecule has 0 spiro atoms. The first-order valence-electron chi connectivity index (χ1n) is 6.23. The van der Waals surface area contributed by atoms with E-state index in [0.717, 1.165) is 6.07 Å². The Morgan fingerprint density at radius 1 is 1.24 bits per heavy atom. The largest absolute Gasteiger partial charge is 0.416 e. The second kappa shape index (κ2) is 5.72. The molecular formula is C13H14F3N3O2. The molecule has 2 N–H and O–H groups in total. The first-order chi connectivity index (χ1) is 9.81. The van der Waals surface area contributed by atoms with Crippen molar-refractivity contribution >= 4 is 17.5 Å². The van der Waals surface area contributed by atoms with Crippen LogP contribution >= 0.6 is 0 Å². The van der Waals surface area contributed by atoms with E-state index in [0.29, 0.717) is 0 Å². The minimum atomic E-state index is -4.50. The maximum absolute atomic E-state index is 13.1. The number of carbonyl (C=O) groups excluding carboxylic acids is 2. The van der Waals surface area contributed by atoms with Crippen LogP contribution in [-0.2, 0) is 22.3 Å². The van der Waals surface area contributed by atoms with Gasteiger partial charge >= 0.3 is 6.18 Å². The monoisotopic (exact) mass is 301 g/mol. The van der Waals surface area contributed by atoms with Crippen LogP contribution in [0.3, 0.4) is 0 Å². The molecule has 1 fully saturated rings. The molecule has 21 heavy (non-hydrogen) atoms. The molecule has 2 amide bonds. The highest BCUT2D eigenvalue weighted by Crippen LogP contribution is 2.34. The second-order valence-electron chi connectivity index (χ2n) is 4.70. The third kappa shape index (κ3) is 3.52. The fraction of sp³-hybridized carbons (Fsp3) is 0.385. The normalized spacial score (nSPS) is 16.1. The minimum absolute atomic E-state index is 0.0779. The molecule has 1 aromatic carbocycles. The number of alkyl halides is 3. The van der Waals surface area contributed by atoms with Crippen LogP contribution in [-0.4, -0.2) is 32.0 Å². The first-order valence-corrected chi connectivity index (χ1v) is 6.23. The van der Waals surface area contributed by atoms with Gasteiger partial charge in [0, 0.05) is 12.2 Å². The van der Waals surface area contributed by atoms with Crippen molar-refractivity contribution in [2.45, 2.75) is 12.7 Å². The van der Waals surface area contributed by atoms with Gasteiger partial charge in [0.2, 0.25) is 11.8 Å². The molecule has 8 heteroatoms. The van der Waals surface area contributed by atoms with Crippen molar-refractivity contribution in [3.05, 3.63) is 29.3 Å². The number of benzene rings is 1. The van der Waals surface area contributed by atoms with Crippen LogP contribution in [0.25, 0.3) is 0 Å². The predicted molar refractivity (Wildman–Crippen MR) is 69.6 cm³/mol. The summed E-state index contributed by atoms with van der Waals surface area (Å²) in [7, 11) is 1.56. The van der Waals surface area contributed by atoms with Crippen LogP contribution in [0.15, 0.2) is 18.2 Å². The molecule has 2 rings (SSSR count). The molecule has 1 aromatic rings. The standard InChI is InChI=1S/C13H14F3N3O2/c1-17-5-8-2-3-9(4-10(8)13(14,15)16)19-6-11(20)18-12(21)7-19/h2-4,17H,5-7H2,1H3,(H,18,20,21). The molecule has 0 atom stereocenters. The number of piperazine rings is 1. The molecule has 0 aromatic heterocycles. The lowest BCUT2D eigenvalue weighted by Crippen LogP contribution is -2.51. The van der Waals surface area contributed by atoms with Gasteiger partial charge < -0.3 is 10.2 Å². The maximum atomic E-state index is 13.1. The zero-order valence-corrected chi connectivity index (χ0v) is 11.3. The molecule has 0 bridgehead atoms. The summed E-state index contributed by atoms with van der Waals surface area (Å²) in [6.45, 7) is -0.211. The van der Waals surface area contributed by atoms with E-state index in [1.807, 2.05) is 0 Å². The number of hydrogen-bond acceptors (Lipinski definition) is 4. The zero-order chi connectivity index (χ0) is 15.6. The van der Waals surface area contributed by atoms with Crippen LogP contribution in [0, 0.1) is 0 Å². The van der Waals surface area contributed by atoms with Gasteiger partial charge in [0.1, 0.15) is 0 Å². The third-order valence-corrected chi connectivity index (χ3v) is 3.08. The van der Waals surface area contributed by atoms with E-state index in [1.165, 1.54) is 17.0 Å². The van der Waals surface area contributed by atoms with Gasteiger partial charge in [0.25, 0.3) is 0 Å². The minimum Gasteiger partial charge on any atom is -0.353 e. The molecule has 5 nitrogen and oxygen atoms in total. The van der Waals surface area contributed by atoms with Crippen LogP contribution in [0.2, 0.25) is 0 Å². The SMILES string of the molecule is CNCc1ccc(N2CC(=O)NC(=O)C2)cc1C(F)(F)F. The molecule has 0 aliphatic carbocycles.